The van der Waals surface area contributed by atoms with Gasteiger partial charge in [0.25, 0.3) is 0 Å². The van der Waals surface area contributed by atoms with E-state index in [9.17, 15) is 5.11 Å². The van der Waals surface area contributed by atoms with E-state index in [2.05, 4.69) is 32.5 Å². The molecule has 1 aromatic rings. The summed E-state index contributed by atoms with van der Waals surface area (Å²) in [5.74, 6) is 0.746. The van der Waals surface area contributed by atoms with Gasteiger partial charge in [0.15, 0.2) is 5.96 Å². The van der Waals surface area contributed by atoms with Crippen LogP contribution in [0.25, 0.3) is 0 Å². The molecule has 0 bridgehead atoms. The lowest BCUT2D eigenvalue weighted by Crippen LogP contribution is -2.42. The van der Waals surface area contributed by atoms with Gasteiger partial charge in [0, 0.05) is 37.6 Å². The molecule has 6 nitrogen and oxygen atoms in total. The second kappa shape index (κ2) is 13.1. The molecule has 1 aromatic heterocycles. The molecule has 150 valence electrons. The summed E-state index contributed by atoms with van der Waals surface area (Å²) in [4.78, 5) is 10.2. The van der Waals surface area contributed by atoms with Gasteiger partial charge >= 0.3 is 0 Å². The maximum absolute atomic E-state index is 10.2. The average molecular weight is 516 g/mol. The Morgan fingerprint density at radius 1 is 1.31 bits per heavy atom. The van der Waals surface area contributed by atoms with Crippen molar-refractivity contribution in [1.29, 1.82) is 0 Å². The summed E-state index contributed by atoms with van der Waals surface area (Å²) in [6, 6.07) is 3.65. The fourth-order valence-electron chi connectivity index (χ4n) is 2.77. The van der Waals surface area contributed by atoms with Crippen LogP contribution in [0.4, 0.5) is 0 Å². The summed E-state index contributed by atoms with van der Waals surface area (Å²) in [6.45, 7) is 9.57. The highest BCUT2D eigenvalue weighted by Crippen LogP contribution is 2.26. The number of rotatable bonds is 7. The number of hydrogen-bond acceptors (Lipinski definition) is 5. The Morgan fingerprint density at radius 3 is 2.81 bits per heavy atom. The first-order valence-corrected chi connectivity index (χ1v) is 10.1. The number of aliphatic imine (C=N–C) groups is 1. The predicted molar refractivity (Wildman–Crippen MR) is 122 cm³/mol. The fourth-order valence-corrected chi connectivity index (χ4v) is 3.81. The van der Waals surface area contributed by atoms with E-state index in [-0.39, 0.29) is 24.0 Å². The lowest BCUT2D eigenvalue weighted by Gasteiger charge is -2.21. The standard InChI is InChI=1S/C17H30ClN5OS.HI/c1-3-19-17(21-13-14(24)15-5-6-16(18)25-15)20-7-10-23-9-4-8-22(2)11-12-23;/h5-6,14,24H,3-4,7-13H2,1-2H3,(H2,19,20,21);1H. The third-order valence-electron chi connectivity index (χ3n) is 4.22. The first kappa shape index (κ1) is 23.9. The quantitative estimate of drug-likeness (QED) is 0.295. The van der Waals surface area contributed by atoms with Crippen LogP contribution in [0.3, 0.4) is 0 Å². The zero-order valence-corrected chi connectivity index (χ0v) is 19.5. The largest absolute Gasteiger partial charge is 0.386 e. The third kappa shape index (κ3) is 8.71. The lowest BCUT2D eigenvalue weighted by atomic mass is 10.3. The maximum Gasteiger partial charge on any atom is 0.191 e. The highest BCUT2D eigenvalue weighted by Gasteiger charge is 2.12. The fraction of sp³-hybridized carbons (Fsp3) is 0.706. The van der Waals surface area contributed by atoms with Crippen LogP contribution < -0.4 is 10.6 Å². The number of nitrogens with one attached hydrogen (secondary N) is 2. The molecular formula is C17H31ClIN5OS. The first-order chi connectivity index (χ1) is 12.1. The van der Waals surface area contributed by atoms with Gasteiger partial charge in [-0.2, -0.15) is 0 Å². The number of nitrogens with zero attached hydrogens (tertiary/aromatic N) is 3. The van der Waals surface area contributed by atoms with E-state index < -0.39 is 6.10 Å². The molecule has 3 N–H and O–H groups in total. The molecule has 0 spiro atoms. The summed E-state index contributed by atoms with van der Waals surface area (Å²) >= 11 is 7.31. The molecule has 1 unspecified atom stereocenters. The van der Waals surface area contributed by atoms with Crippen LogP contribution in [0.5, 0.6) is 0 Å². The molecule has 26 heavy (non-hydrogen) atoms. The summed E-state index contributed by atoms with van der Waals surface area (Å²) in [5.41, 5.74) is 0. The van der Waals surface area contributed by atoms with Crippen LogP contribution in [0.2, 0.25) is 4.34 Å². The highest BCUT2D eigenvalue weighted by molar-refractivity contribution is 14.0. The minimum Gasteiger partial charge on any atom is -0.386 e. The molecule has 2 rings (SSSR count). The number of thiophene rings is 1. The Bertz CT molecular complexity index is 545. The van der Waals surface area contributed by atoms with Gasteiger partial charge in [-0.3, -0.25) is 4.99 Å². The van der Waals surface area contributed by atoms with E-state index in [1.807, 2.05) is 13.0 Å². The minimum absolute atomic E-state index is 0. The van der Waals surface area contributed by atoms with E-state index in [4.69, 9.17) is 11.6 Å². The molecule has 2 heterocycles. The Morgan fingerprint density at radius 2 is 2.12 bits per heavy atom. The summed E-state index contributed by atoms with van der Waals surface area (Å²) in [7, 11) is 2.18. The molecular weight excluding hydrogens is 485 g/mol. The second-order valence-corrected chi connectivity index (χ2v) is 8.05. The first-order valence-electron chi connectivity index (χ1n) is 8.95. The van der Waals surface area contributed by atoms with E-state index in [0.29, 0.717) is 10.9 Å². The van der Waals surface area contributed by atoms with Crippen molar-refractivity contribution in [3.63, 3.8) is 0 Å². The van der Waals surface area contributed by atoms with Crippen LogP contribution in [0.1, 0.15) is 24.3 Å². The van der Waals surface area contributed by atoms with E-state index in [1.54, 1.807) is 6.07 Å². The van der Waals surface area contributed by atoms with Crippen molar-refractivity contribution < 1.29 is 5.11 Å². The normalized spacial score (nSPS) is 18.1. The summed E-state index contributed by atoms with van der Waals surface area (Å²) in [6.07, 6.45) is 0.606. The van der Waals surface area contributed by atoms with Crippen molar-refractivity contribution >= 4 is 52.9 Å². The molecule has 0 aromatic carbocycles. The SMILES string of the molecule is CCNC(=NCC(O)c1ccc(Cl)s1)NCCN1CCCN(C)CC1.I. The molecule has 1 aliphatic rings. The predicted octanol–water partition coefficient (Wildman–Crippen LogP) is 2.25. The van der Waals surface area contributed by atoms with Gasteiger partial charge in [0.1, 0.15) is 6.10 Å². The van der Waals surface area contributed by atoms with Crippen molar-refractivity contribution in [3.05, 3.63) is 21.3 Å². The van der Waals surface area contributed by atoms with Crippen molar-refractivity contribution in [1.82, 2.24) is 20.4 Å². The molecule has 0 saturated carbocycles. The van der Waals surface area contributed by atoms with Crippen LogP contribution in [-0.2, 0) is 0 Å². The number of aliphatic hydroxyl groups excluding tert-OH is 1. The highest BCUT2D eigenvalue weighted by atomic mass is 127. The number of likely N-dealkylation sites (N-methyl/N-ethyl adjacent to an activating group) is 1. The van der Waals surface area contributed by atoms with Gasteiger partial charge in [-0.1, -0.05) is 11.6 Å². The molecule has 0 radical (unpaired) electrons. The lowest BCUT2D eigenvalue weighted by molar-refractivity contribution is 0.191. The Hall–Kier alpha value is -0.130. The van der Waals surface area contributed by atoms with Gasteiger partial charge in [-0.15, -0.1) is 35.3 Å². The van der Waals surface area contributed by atoms with Gasteiger partial charge < -0.3 is 25.5 Å². The van der Waals surface area contributed by atoms with Crippen molar-refractivity contribution in [2.75, 3.05) is 59.4 Å². The van der Waals surface area contributed by atoms with Crippen molar-refractivity contribution in [3.8, 4) is 0 Å². The van der Waals surface area contributed by atoms with Crippen LogP contribution >= 0.6 is 46.9 Å². The van der Waals surface area contributed by atoms with Gasteiger partial charge in [-0.05, 0) is 45.6 Å². The number of halogens is 2. The Kier molecular flexibility index (Phi) is 12.1. The molecule has 0 aliphatic carbocycles. The maximum atomic E-state index is 10.2. The molecule has 0 amide bonds. The van der Waals surface area contributed by atoms with E-state index >= 15 is 0 Å². The molecule has 9 heteroatoms. The summed E-state index contributed by atoms with van der Waals surface area (Å²) in [5, 5.41) is 16.8. The average Bonchev–Trinajstić information content (AvgIpc) is 2.92. The number of aliphatic hydroxyl groups is 1. The minimum atomic E-state index is -0.617. The second-order valence-electron chi connectivity index (χ2n) is 6.30. The molecule has 1 saturated heterocycles. The van der Waals surface area contributed by atoms with Crippen LogP contribution in [0, 0.1) is 0 Å². The Labute approximate surface area is 183 Å². The number of guanidine groups is 1. The number of hydrogen-bond donors (Lipinski definition) is 3. The van der Waals surface area contributed by atoms with E-state index in [0.717, 1.165) is 50.1 Å². The summed E-state index contributed by atoms with van der Waals surface area (Å²) < 4.78 is 0.686. The van der Waals surface area contributed by atoms with Crippen LogP contribution in [0.15, 0.2) is 17.1 Å². The topological polar surface area (TPSA) is 63.1 Å². The third-order valence-corrected chi connectivity index (χ3v) is 5.55. The smallest absolute Gasteiger partial charge is 0.191 e. The van der Waals surface area contributed by atoms with Crippen LogP contribution in [-0.4, -0.2) is 80.3 Å². The zero-order valence-electron chi connectivity index (χ0n) is 15.6. The van der Waals surface area contributed by atoms with Gasteiger partial charge in [0.2, 0.25) is 0 Å². The zero-order chi connectivity index (χ0) is 18.1. The van der Waals surface area contributed by atoms with Crippen molar-refractivity contribution in [2.45, 2.75) is 19.4 Å². The molecule has 1 aliphatic heterocycles. The van der Waals surface area contributed by atoms with Gasteiger partial charge in [0.05, 0.1) is 10.9 Å². The van der Waals surface area contributed by atoms with Crippen molar-refractivity contribution in [2.24, 2.45) is 4.99 Å². The monoisotopic (exact) mass is 515 g/mol. The Balaban J connectivity index is 0.00000338. The van der Waals surface area contributed by atoms with E-state index in [1.165, 1.54) is 24.3 Å². The molecule has 1 fully saturated rings. The van der Waals surface area contributed by atoms with Gasteiger partial charge in [-0.25, -0.2) is 0 Å². The molecule has 1 atom stereocenters.